The smallest absolute Gasteiger partial charge is 0.181 e. The molecule has 4 aliphatic carbocycles. The van der Waals surface area contributed by atoms with E-state index in [9.17, 15) is 0 Å². The van der Waals surface area contributed by atoms with Gasteiger partial charge in [-0.05, 0) is 101 Å². The zero-order chi connectivity index (χ0) is 36.6. The maximum atomic E-state index is 5.02. The molecule has 0 fully saturated rings. The van der Waals surface area contributed by atoms with Crippen molar-refractivity contribution in [1.82, 2.24) is 15.2 Å². The first kappa shape index (κ1) is 30.1. The minimum Gasteiger partial charge on any atom is -0.233 e. The molecular weight excluding hydrogens is 679 g/mol. The van der Waals surface area contributed by atoms with E-state index in [1.807, 2.05) is 6.20 Å². The predicted molar refractivity (Wildman–Crippen MR) is 223 cm³/mol. The van der Waals surface area contributed by atoms with Crippen molar-refractivity contribution < 1.29 is 0 Å². The summed E-state index contributed by atoms with van der Waals surface area (Å²) in [4.78, 5) is 5.02. The van der Waals surface area contributed by atoms with Crippen LogP contribution in [0.15, 0.2) is 188 Å². The number of rotatable bonds is 2. The Morgan fingerprint density at radius 1 is 0.286 bits per heavy atom. The molecule has 0 saturated heterocycles. The van der Waals surface area contributed by atoms with E-state index in [4.69, 9.17) is 15.2 Å². The highest BCUT2D eigenvalue weighted by atomic mass is 15.2. The lowest BCUT2D eigenvalue weighted by atomic mass is 9.70. The monoisotopic (exact) mass is 709 g/mol. The number of fused-ring (bicyclic) bond motifs is 20. The number of nitrogens with zero attached hydrogens (tertiary/aromatic N) is 3. The third-order valence-corrected chi connectivity index (χ3v) is 13.1. The van der Waals surface area contributed by atoms with Gasteiger partial charge in [-0.2, -0.15) is 0 Å². The van der Waals surface area contributed by atoms with Gasteiger partial charge in [0, 0.05) is 11.1 Å². The molecule has 0 amide bonds. The van der Waals surface area contributed by atoms with Crippen molar-refractivity contribution in [3.8, 4) is 67.2 Å². The van der Waals surface area contributed by atoms with Gasteiger partial charge in [-0.15, -0.1) is 10.2 Å². The van der Waals surface area contributed by atoms with E-state index in [-0.39, 0.29) is 0 Å². The third kappa shape index (κ3) is 3.52. The van der Waals surface area contributed by atoms with Crippen molar-refractivity contribution in [2.24, 2.45) is 0 Å². The maximum absolute atomic E-state index is 5.02. The van der Waals surface area contributed by atoms with E-state index in [0.29, 0.717) is 5.82 Å². The van der Waals surface area contributed by atoms with Gasteiger partial charge in [-0.3, -0.25) is 0 Å². The molecule has 0 radical (unpaired) electrons. The van der Waals surface area contributed by atoms with Gasteiger partial charge in [0.2, 0.25) is 0 Å². The predicted octanol–water partition coefficient (Wildman–Crippen LogP) is 11.9. The summed E-state index contributed by atoms with van der Waals surface area (Å²) in [5, 5.41) is 9.72. The highest BCUT2D eigenvalue weighted by Gasteiger charge is 2.53. The summed E-state index contributed by atoms with van der Waals surface area (Å²) < 4.78 is 0. The summed E-state index contributed by atoms with van der Waals surface area (Å²) in [7, 11) is 0. The van der Waals surface area contributed by atoms with Crippen LogP contribution in [-0.4, -0.2) is 15.2 Å². The fourth-order valence-electron chi connectivity index (χ4n) is 11.0. The van der Waals surface area contributed by atoms with Gasteiger partial charge < -0.3 is 0 Å². The van der Waals surface area contributed by atoms with Gasteiger partial charge in [0.15, 0.2) is 5.82 Å². The van der Waals surface area contributed by atoms with Gasteiger partial charge in [-0.25, -0.2) is 4.98 Å². The Kier molecular flexibility index (Phi) is 5.76. The van der Waals surface area contributed by atoms with Crippen LogP contribution in [0.1, 0.15) is 44.5 Å². The number of hydrogen-bond donors (Lipinski definition) is 0. The number of benzene rings is 8. The van der Waals surface area contributed by atoms with Crippen molar-refractivity contribution >= 4 is 0 Å². The van der Waals surface area contributed by atoms with Crippen LogP contribution in [0.2, 0.25) is 0 Å². The highest BCUT2D eigenvalue weighted by molar-refractivity contribution is 5.97. The Morgan fingerprint density at radius 3 is 0.964 bits per heavy atom. The quantitative estimate of drug-likeness (QED) is 0.179. The highest BCUT2D eigenvalue weighted by Crippen LogP contribution is 2.64. The third-order valence-electron chi connectivity index (χ3n) is 13.1. The molecule has 0 N–H and O–H groups in total. The minimum absolute atomic E-state index is 0.411. The number of aromatic nitrogens is 3. The summed E-state index contributed by atoms with van der Waals surface area (Å²) >= 11 is 0. The topological polar surface area (TPSA) is 38.7 Å². The van der Waals surface area contributed by atoms with E-state index in [2.05, 4.69) is 182 Å². The van der Waals surface area contributed by atoms with Crippen molar-refractivity contribution in [3.63, 3.8) is 0 Å². The first-order valence-electron chi connectivity index (χ1n) is 19.4. The summed E-state index contributed by atoms with van der Waals surface area (Å²) in [5.41, 5.74) is 22.6. The van der Waals surface area contributed by atoms with Gasteiger partial charge in [0.1, 0.15) is 5.69 Å². The van der Waals surface area contributed by atoms with Crippen molar-refractivity contribution in [3.05, 3.63) is 233 Å². The lowest BCUT2D eigenvalue weighted by Crippen LogP contribution is -2.25. The van der Waals surface area contributed by atoms with Gasteiger partial charge in [0.05, 0.1) is 17.0 Å². The van der Waals surface area contributed by atoms with Crippen LogP contribution in [0.4, 0.5) is 0 Å². The van der Waals surface area contributed by atoms with E-state index in [1.165, 1.54) is 89.0 Å². The Labute approximate surface area is 324 Å². The lowest BCUT2D eigenvalue weighted by molar-refractivity contribution is 0.793. The Bertz CT molecular complexity index is 2820. The fourth-order valence-corrected chi connectivity index (χ4v) is 11.0. The van der Waals surface area contributed by atoms with Crippen LogP contribution < -0.4 is 0 Å². The second kappa shape index (κ2) is 10.7. The number of hydrogen-bond acceptors (Lipinski definition) is 3. The molecule has 56 heavy (non-hydrogen) atoms. The molecular formula is C53H31N3. The maximum Gasteiger partial charge on any atom is 0.181 e. The molecule has 1 heterocycles. The molecule has 0 bridgehead atoms. The molecule has 0 unspecified atom stereocenters. The average molecular weight is 710 g/mol. The van der Waals surface area contributed by atoms with Crippen LogP contribution >= 0.6 is 0 Å². The first-order valence-corrected chi connectivity index (χ1v) is 19.4. The van der Waals surface area contributed by atoms with E-state index in [1.54, 1.807) is 0 Å². The van der Waals surface area contributed by atoms with Crippen LogP contribution in [-0.2, 0) is 10.8 Å². The fraction of sp³-hybridized carbons (Fsp3) is 0.0377. The first-order chi connectivity index (χ1) is 27.8. The molecule has 9 aromatic rings. The van der Waals surface area contributed by atoms with Crippen molar-refractivity contribution in [2.45, 2.75) is 10.8 Å². The molecule has 2 spiro atoms. The zero-order valence-corrected chi connectivity index (χ0v) is 30.2. The second-order valence-corrected chi connectivity index (χ2v) is 15.5. The average Bonchev–Trinajstić information content (AvgIpc) is 3.95. The molecule has 0 saturated carbocycles. The van der Waals surface area contributed by atoms with E-state index >= 15 is 0 Å². The van der Waals surface area contributed by atoms with E-state index < -0.39 is 10.8 Å². The SMILES string of the molecule is c1ccc2c(c1)-c1ccccc1C21c2ccccc2-c2ccc(-c3cnc(-c4ccc5c(c4)C4(c6ccccc6-c6ccccc64)c4ccccc4-5)nn3)cc21. The summed E-state index contributed by atoms with van der Waals surface area (Å²) in [5.74, 6) is 0.617. The normalized spacial score (nSPS) is 14.7. The van der Waals surface area contributed by atoms with Crippen LogP contribution in [0.5, 0.6) is 0 Å². The van der Waals surface area contributed by atoms with Gasteiger partial charge >= 0.3 is 0 Å². The molecule has 13 rings (SSSR count). The van der Waals surface area contributed by atoms with Crippen LogP contribution in [0.25, 0.3) is 67.2 Å². The minimum atomic E-state index is -0.419. The summed E-state index contributed by atoms with van der Waals surface area (Å²) in [6.07, 6.45) is 1.90. The van der Waals surface area contributed by atoms with E-state index in [0.717, 1.165) is 16.8 Å². The molecule has 1 aromatic heterocycles. The van der Waals surface area contributed by atoms with Gasteiger partial charge in [-0.1, -0.05) is 170 Å². The molecule has 8 aromatic carbocycles. The van der Waals surface area contributed by atoms with Crippen LogP contribution in [0.3, 0.4) is 0 Å². The lowest BCUT2D eigenvalue weighted by Gasteiger charge is -2.30. The Morgan fingerprint density at radius 2 is 0.607 bits per heavy atom. The molecule has 3 heteroatoms. The van der Waals surface area contributed by atoms with Crippen molar-refractivity contribution in [2.75, 3.05) is 0 Å². The largest absolute Gasteiger partial charge is 0.233 e. The molecule has 3 nitrogen and oxygen atoms in total. The molecule has 4 aliphatic rings. The standard InChI is InChI=1S/C53H31N3/c1-7-19-42-34(13-1)35-14-2-8-20-43(35)52(42)46-23-11-5-17-38(46)40-27-25-32(29-48(40)52)50-31-54-51(56-55-50)33-26-28-41-39-18-6-12-24-47(39)53(49(41)30-33)44-21-9-3-15-36(44)37-16-4-10-22-45(37)53/h1-31H. The Hall–Kier alpha value is -7.23. The summed E-state index contributed by atoms with van der Waals surface area (Å²) in [6.45, 7) is 0. The van der Waals surface area contributed by atoms with Gasteiger partial charge in [0.25, 0.3) is 0 Å². The molecule has 0 atom stereocenters. The van der Waals surface area contributed by atoms with Crippen molar-refractivity contribution in [1.29, 1.82) is 0 Å². The Balaban J connectivity index is 0.951. The molecule has 258 valence electrons. The zero-order valence-electron chi connectivity index (χ0n) is 30.2. The molecule has 0 aliphatic heterocycles. The van der Waals surface area contributed by atoms with Crippen LogP contribution in [0, 0.1) is 0 Å². The second-order valence-electron chi connectivity index (χ2n) is 15.5. The summed E-state index contributed by atoms with van der Waals surface area (Å²) in [6, 6.07) is 66.9.